The molecule has 0 amide bonds. The van der Waals surface area contributed by atoms with Crippen LogP contribution < -0.4 is 4.74 Å². The fraction of sp³-hybridized carbons (Fsp3) is 0.766. The Hall–Kier alpha value is -1.88. The number of allylic oxidation sites excluding steroid dienone is 3. The molecule has 1 saturated heterocycles. The van der Waals surface area contributed by atoms with Crippen molar-refractivity contribution in [3.63, 3.8) is 0 Å². The van der Waals surface area contributed by atoms with Gasteiger partial charge >= 0.3 is 5.97 Å². The maximum Gasteiger partial charge on any atom is 0.311 e. The second-order valence-corrected chi connectivity index (χ2v) is 48.6. The molecular weight excluding hydrogens is 1010 g/mol. The molecule has 13 atom stereocenters. The lowest BCUT2D eigenvalue weighted by molar-refractivity contribution is -0.177. The summed E-state index contributed by atoms with van der Waals surface area (Å²) in [5, 5.41) is 0.0556. The lowest BCUT2D eigenvalue weighted by Gasteiger charge is -2.47. The molecule has 1 heterocycles. The molecule has 1 aromatic carbocycles. The van der Waals surface area contributed by atoms with Gasteiger partial charge in [-0.2, -0.15) is 0 Å². The zero-order chi connectivity index (χ0) is 59.0. The molecule has 1 aliphatic heterocycles. The summed E-state index contributed by atoms with van der Waals surface area (Å²) in [5.41, 5.74) is 2.44. The smallest absolute Gasteiger partial charge is 0.311 e. The van der Waals surface area contributed by atoms with Gasteiger partial charge in [-0.1, -0.05) is 185 Å². The summed E-state index contributed by atoms with van der Waals surface area (Å²) in [5.74, 6) is 0.900. The van der Waals surface area contributed by atoms with Crippen LogP contribution in [0, 0.1) is 41.4 Å². The Bertz CT molecular complexity index is 2050. The number of carbonyl (C=O) groups is 1. The number of carbonyl (C=O) groups excluding carboxylic acids is 1. The third kappa shape index (κ3) is 19.7. The molecule has 0 spiro atoms. The van der Waals surface area contributed by atoms with Crippen LogP contribution in [0.15, 0.2) is 72.9 Å². The summed E-state index contributed by atoms with van der Waals surface area (Å²) in [6, 6.07) is 8.17. The average Bonchev–Trinajstić information content (AvgIpc) is 3.27. The van der Waals surface area contributed by atoms with Gasteiger partial charge in [0.1, 0.15) is 11.9 Å². The Morgan fingerprint density at radius 2 is 1.13 bits per heavy atom. The predicted molar refractivity (Wildman–Crippen MR) is 335 cm³/mol. The SMILES string of the molecule is C=C/C=C\[C@@H](C)[C@@H](OCc1ccc(OC)cc1)[C@H](C)[C@@H](O[Si](C)(C)C(C)(C)C)[C@H](C)C/C(C)=C\[C@@H](C)[C@H](O[Si](C)(C)C(C)(C)C)[C@H](C)/C=C\[C@@H](C[C@H]1OC(=O)[C@@H](C)[C@H](O[Si](C)(C)C(C)(C)C)[C@@H]1C)O[Si](C)(C)C(C)(C)C. The van der Waals surface area contributed by atoms with Crippen molar-refractivity contribution in [3.05, 3.63) is 78.4 Å². The van der Waals surface area contributed by atoms with Crippen molar-refractivity contribution in [1.82, 2.24) is 0 Å². The van der Waals surface area contributed by atoms with E-state index < -0.39 is 33.3 Å². The van der Waals surface area contributed by atoms with E-state index in [1.807, 2.05) is 31.2 Å². The molecule has 0 unspecified atom stereocenters. The second kappa shape index (κ2) is 27.7. The van der Waals surface area contributed by atoms with Crippen LogP contribution in [0.25, 0.3) is 0 Å². The first-order valence-electron chi connectivity index (χ1n) is 29.2. The molecule has 1 fully saturated rings. The maximum absolute atomic E-state index is 13.7. The largest absolute Gasteiger partial charge is 0.497 e. The minimum atomic E-state index is -2.27. The van der Waals surface area contributed by atoms with Crippen molar-refractivity contribution >= 4 is 39.2 Å². The first-order valence-corrected chi connectivity index (χ1v) is 40.8. The van der Waals surface area contributed by atoms with Crippen molar-refractivity contribution in [2.45, 2.75) is 267 Å². The first kappa shape index (κ1) is 70.2. The molecule has 438 valence electrons. The summed E-state index contributed by atoms with van der Waals surface area (Å²) in [7, 11) is -7.23. The molecule has 1 aromatic rings. The zero-order valence-electron chi connectivity index (χ0n) is 54.4. The molecule has 0 radical (unpaired) electrons. The monoisotopic (exact) mass is 1130 g/mol. The van der Waals surface area contributed by atoms with Crippen LogP contribution in [-0.2, 0) is 38.6 Å². The molecule has 0 bridgehead atoms. The highest BCUT2D eigenvalue weighted by Gasteiger charge is 2.50. The van der Waals surface area contributed by atoms with Crippen LogP contribution in [-0.4, -0.2) is 83.0 Å². The third-order valence-corrected chi connectivity index (χ3v) is 36.7. The first-order chi connectivity index (χ1) is 34.3. The van der Waals surface area contributed by atoms with Gasteiger partial charge in [0.05, 0.1) is 50.2 Å². The number of cyclic esters (lactones) is 1. The molecule has 0 aromatic heterocycles. The minimum absolute atomic E-state index is 0.00786. The highest BCUT2D eigenvalue weighted by molar-refractivity contribution is 6.75. The molecule has 2 rings (SSSR count). The van der Waals surface area contributed by atoms with Gasteiger partial charge in [0.15, 0.2) is 33.3 Å². The van der Waals surface area contributed by atoms with E-state index in [0.717, 1.165) is 17.7 Å². The van der Waals surface area contributed by atoms with E-state index >= 15 is 0 Å². The lowest BCUT2D eigenvalue weighted by atomic mass is 9.81. The van der Waals surface area contributed by atoms with E-state index in [0.29, 0.717) is 13.0 Å². The van der Waals surface area contributed by atoms with Gasteiger partial charge in [-0.25, -0.2) is 0 Å². The molecule has 8 nitrogen and oxygen atoms in total. The minimum Gasteiger partial charge on any atom is -0.497 e. The van der Waals surface area contributed by atoms with E-state index in [-0.39, 0.29) is 104 Å². The van der Waals surface area contributed by atoms with E-state index in [9.17, 15) is 4.79 Å². The van der Waals surface area contributed by atoms with Crippen molar-refractivity contribution in [2.24, 2.45) is 41.4 Å². The van der Waals surface area contributed by atoms with Gasteiger partial charge in [0.2, 0.25) is 0 Å². The molecule has 76 heavy (non-hydrogen) atoms. The molecule has 0 N–H and O–H groups in total. The number of methoxy groups -OCH3 is 1. The second-order valence-electron chi connectivity index (χ2n) is 29.6. The Morgan fingerprint density at radius 3 is 1.61 bits per heavy atom. The molecule has 0 saturated carbocycles. The number of hydrogen-bond donors (Lipinski definition) is 0. The van der Waals surface area contributed by atoms with Crippen LogP contribution in [0.1, 0.15) is 157 Å². The normalized spacial score (nSPS) is 22.9. The fourth-order valence-electron chi connectivity index (χ4n) is 9.46. The molecule has 12 heteroatoms. The van der Waals surface area contributed by atoms with Gasteiger partial charge in [0, 0.05) is 24.2 Å². The number of hydrogen-bond acceptors (Lipinski definition) is 8. The van der Waals surface area contributed by atoms with Gasteiger partial charge in [-0.15, -0.1) is 0 Å². The topological polar surface area (TPSA) is 81.7 Å². The van der Waals surface area contributed by atoms with Crippen LogP contribution >= 0.6 is 0 Å². The highest BCUT2D eigenvalue weighted by Crippen LogP contribution is 2.45. The summed E-state index contributed by atoms with van der Waals surface area (Å²) in [6.45, 7) is 68.9. The van der Waals surface area contributed by atoms with Gasteiger partial charge in [-0.3, -0.25) is 4.79 Å². The van der Waals surface area contributed by atoms with Crippen molar-refractivity contribution in [1.29, 1.82) is 0 Å². The predicted octanol–water partition coefficient (Wildman–Crippen LogP) is 18.5. The molecule has 0 aliphatic carbocycles. The van der Waals surface area contributed by atoms with E-state index in [1.165, 1.54) is 5.57 Å². The van der Waals surface area contributed by atoms with Crippen LogP contribution in [0.4, 0.5) is 0 Å². The summed E-state index contributed by atoms with van der Waals surface area (Å²) in [4.78, 5) is 13.7. The summed E-state index contributed by atoms with van der Waals surface area (Å²) in [6.07, 6.45) is 13.6. The Morgan fingerprint density at radius 1 is 0.658 bits per heavy atom. The average molecular weight is 1130 g/mol. The Balaban J connectivity index is 2.69. The summed E-state index contributed by atoms with van der Waals surface area (Å²) < 4.78 is 48.2. The fourth-order valence-corrected chi connectivity index (χ4v) is 15.1. The number of benzene rings is 1. The van der Waals surface area contributed by atoms with Gasteiger partial charge in [0.25, 0.3) is 0 Å². The highest BCUT2D eigenvalue weighted by atomic mass is 28.4. The van der Waals surface area contributed by atoms with Gasteiger partial charge in [-0.05, 0) is 128 Å². The van der Waals surface area contributed by atoms with Crippen LogP contribution in [0.2, 0.25) is 72.5 Å². The van der Waals surface area contributed by atoms with Crippen molar-refractivity contribution in [3.8, 4) is 5.75 Å². The number of ether oxygens (including phenoxy) is 3. The molecular formula is C64H118O8Si4. The van der Waals surface area contributed by atoms with Crippen LogP contribution in [0.3, 0.4) is 0 Å². The number of esters is 1. The zero-order valence-corrected chi connectivity index (χ0v) is 58.4. The maximum atomic E-state index is 13.7. The van der Waals surface area contributed by atoms with Crippen molar-refractivity contribution < 1.29 is 36.7 Å². The van der Waals surface area contributed by atoms with Gasteiger partial charge < -0.3 is 31.9 Å². The van der Waals surface area contributed by atoms with Crippen molar-refractivity contribution in [2.75, 3.05) is 7.11 Å². The molecule has 1 aliphatic rings. The van der Waals surface area contributed by atoms with E-state index in [4.69, 9.17) is 31.9 Å². The standard InChI is InChI=1S/C64H118O8Si4/c1-31-32-33-45(3)57(67-43-52-35-38-53(66-22)39-36-52)50(8)58(71-75(27,28)63(16,17)18)48(6)41-44(2)40-47(5)56(70-74(25,26)62(13,14)15)46(4)34-37-54(69-73(23,24)61(10,11)12)42-55-49(7)59(51(9)60(65)68-55)72-76(29,30)64(19,20)21/h31-40,45-51,54-59H,1,41-43H2,2-30H3/b33-32-,37-34-,44-40-/t45-,46-,47-,48-,49-,50+,51+,54+,55-,56-,57-,58+,59-/m1/s1. The third-order valence-electron chi connectivity index (χ3n) is 18.8. The van der Waals surface area contributed by atoms with E-state index in [1.54, 1.807) is 7.11 Å². The quantitative estimate of drug-likeness (QED) is 0.0373. The Labute approximate surface area is 473 Å². The lowest BCUT2D eigenvalue weighted by Crippen LogP contribution is -2.55. The van der Waals surface area contributed by atoms with Crippen LogP contribution in [0.5, 0.6) is 5.75 Å². The van der Waals surface area contributed by atoms with E-state index in [2.05, 4.69) is 227 Å². The number of rotatable bonds is 27. The summed E-state index contributed by atoms with van der Waals surface area (Å²) >= 11 is 0. The Kier molecular flexibility index (Phi) is 25.6.